The average Bonchev–Trinajstić information content (AvgIpc) is 3.93. The van der Waals surface area contributed by atoms with Crippen molar-refractivity contribution in [1.82, 2.24) is 14.4 Å². The third-order valence-electron chi connectivity index (χ3n) is 11.8. The van der Waals surface area contributed by atoms with Crippen LogP contribution in [-0.4, -0.2) is 14.4 Å². The van der Waals surface area contributed by atoms with Gasteiger partial charge in [0.25, 0.3) is 0 Å². The van der Waals surface area contributed by atoms with Gasteiger partial charge in [0.1, 0.15) is 5.58 Å². The molecule has 9 aromatic carbocycles. The third kappa shape index (κ3) is 6.09. The molecular weight excluding hydrogens is 935 g/mol. The van der Waals surface area contributed by atoms with Crippen LogP contribution in [0.3, 0.4) is 0 Å². The average molecular weight is 973 g/mol. The Hall–Kier alpha value is -7.43. The number of hydrogen-bond acceptors (Lipinski definition) is 3. The van der Waals surface area contributed by atoms with Gasteiger partial charge in [-0.25, -0.2) is 0 Å². The molecule has 295 valence electrons. The number of para-hydroxylation sites is 2. The molecule has 0 fully saturated rings. The van der Waals surface area contributed by atoms with Crippen LogP contribution in [0.5, 0.6) is 0 Å². The van der Waals surface area contributed by atoms with E-state index in [1.165, 1.54) is 49.3 Å². The van der Waals surface area contributed by atoms with Crippen LogP contribution in [0.1, 0.15) is 9.68 Å². The molecule has 0 saturated heterocycles. The summed E-state index contributed by atoms with van der Waals surface area (Å²) >= 11 is 0. The summed E-state index contributed by atoms with van der Waals surface area (Å²) in [6, 6.07) is 71.5. The van der Waals surface area contributed by atoms with Crippen molar-refractivity contribution >= 4 is 92.4 Å². The first-order valence-electron chi connectivity index (χ1n) is 21.8. The van der Waals surface area contributed by atoms with Gasteiger partial charge < -0.3 is 13.8 Å². The Labute approximate surface area is 374 Å². The maximum atomic E-state index is 7.23. The molecule has 5 heteroatoms. The fraction of sp³-hybridized carbons (Fsp3) is 0.0175. The normalized spacial score (nSPS) is 12.4. The molecule has 0 spiro atoms. The van der Waals surface area contributed by atoms with Crippen molar-refractivity contribution in [2.45, 2.75) is 6.85 Å². The van der Waals surface area contributed by atoms with E-state index in [0.29, 0.717) is 0 Å². The van der Waals surface area contributed by atoms with Crippen LogP contribution in [0, 0.1) is 19.0 Å². The van der Waals surface area contributed by atoms with Crippen molar-refractivity contribution in [3.8, 4) is 22.6 Å². The van der Waals surface area contributed by atoms with Crippen LogP contribution in [0.25, 0.3) is 115 Å². The number of rotatable bonds is 2. The molecule has 0 aliphatic rings. The Balaban J connectivity index is 0.000000235. The third-order valence-corrected chi connectivity index (χ3v) is 11.8. The Bertz CT molecular complexity index is 4010. The van der Waals surface area contributed by atoms with E-state index >= 15 is 0 Å². The van der Waals surface area contributed by atoms with Crippen LogP contribution in [-0.2, 0) is 20.1 Å². The molecule has 0 aliphatic heterocycles. The molecule has 0 aliphatic carbocycles. The van der Waals surface area contributed by atoms with Crippen molar-refractivity contribution in [2.24, 2.45) is 0 Å². The van der Waals surface area contributed by atoms with Crippen LogP contribution in [0.2, 0.25) is 0 Å². The Morgan fingerprint density at radius 1 is 0.532 bits per heavy atom. The first kappa shape index (κ1) is 34.3. The smallest absolute Gasteiger partial charge is 0.121 e. The summed E-state index contributed by atoms with van der Waals surface area (Å²) in [6.45, 7) is -2.09. The van der Waals surface area contributed by atoms with Crippen LogP contribution in [0.4, 0.5) is 0 Å². The number of fused-ring (bicyclic) bond motifs is 13. The molecule has 4 aromatic heterocycles. The number of aromatic nitrogens is 3. The first-order valence-corrected chi connectivity index (χ1v) is 20.3. The molecule has 0 atom stereocenters. The van der Waals surface area contributed by atoms with Gasteiger partial charge in [-0.1, -0.05) is 138 Å². The van der Waals surface area contributed by atoms with Gasteiger partial charge in [0.15, 0.2) is 0 Å². The predicted molar refractivity (Wildman–Crippen MR) is 254 cm³/mol. The zero-order valence-corrected chi connectivity index (χ0v) is 35.5. The summed E-state index contributed by atoms with van der Waals surface area (Å²) in [5.74, 6) is 0.807. The second kappa shape index (κ2) is 15.2. The van der Waals surface area contributed by atoms with Crippen LogP contribution in [0.15, 0.2) is 199 Å². The summed E-state index contributed by atoms with van der Waals surface area (Å²) in [6.07, 6.45) is 1.39. The minimum absolute atomic E-state index is 0. The molecule has 0 unspecified atom stereocenters. The Kier molecular flexibility index (Phi) is 8.43. The van der Waals surface area contributed by atoms with Crippen molar-refractivity contribution in [3.05, 3.63) is 212 Å². The fourth-order valence-corrected chi connectivity index (χ4v) is 9.06. The first-order chi connectivity index (χ1) is 31.4. The van der Waals surface area contributed by atoms with Crippen LogP contribution >= 0.6 is 0 Å². The van der Waals surface area contributed by atoms with Gasteiger partial charge in [0, 0.05) is 52.1 Å². The molecule has 0 amide bonds. The quantitative estimate of drug-likeness (QED) is 0.128. The molecule has 1 radical (unpaired) electrons. The molecule has 62 heavy (non-hydrogen) atoms. The molecule has 13 rings (SSSR count). The van der Waals surface area contributed by atoms with Gasteiger partial charge in [0.2, 0.25) is 0 Å². The van der Waals surface area contributed by atoms with E-state index in [1.807, 2.05) is 24.3 Å². The van der Waals surface area contributed by atoms with E-state index in [0.717, 1.165) is 71.9 Å². The van der Waals surface area contributed by atoms with Crippen molar-refractivity contribution in [3.63, 3.8) is 0 Å². The number of nitrogens with zero attached hydrogens (tertiary/aromatic N) is 3. The van der Waals surface area contributed by atoms with Gasteiger partial charge in [-0.3, -0.25) is 4.98 Å². The van der Waals surface area contributed by atoms with E-state index < -0.39 is 6.85 Å². The van der Waals surface area contributed by atoms with E-state index in [2.05, 4.69) is 167 Å². The standard InChI is InChI=1S/C45H25N2O.C12H10N.Ir/c1-2-12-29-27(11-1)23-24-28-25-39-36-19-9-20-37(44(36)48-42(39)26-38(28)29)45-46-40-21-10-18-35-33-16-6-4-14-31(33)30-13-3-5-15-32(30)34-17-7-8-22-41(34)47(45)43(35)40;1-10-7-8-12(13-9-10)11-5-3-2-4-6-11;/h1-19,21-26H;2-5,7-9H,1H3;/q2*-1;/i;1D3;. The molecule has 4 nitrogen and oxygen atoms in total. The van der Waals surface area contributed by atoms with Crippen molar-refractivity contribution in [1.29, 1.82) is 0 Å². The summed E-state index contributed by atoms with van der Waals surface area (Å²) < 4.78 is 30.9. The Morgan fingerprint density at radius 2 is 1.23 bits per heavy atom. The van der Waals surface area contributed by atoms with Gasteiger partial charge in [-0.15, -0.1) is 54.1 Å². The van der Waals surface area contributed by atoms with E-state index in [-0.39, 0.29) is 25.7 Å². The van der Waals surface area contributed by atoms with Gasteiger partial charge >= 0.3 is 0 Å². The second-order valence-corrected chi connectivity index (χ2v) is 15.3. The van der Waals surface area contributed by atoms with Crippen molar-refractivity contribution < 1.29 is 28.6 Å². The van der Waals surface area contributed by atoms with E-state index in [4.69, 9.17) is 13.5 Å². The van der Waals surface area contributed by atoms with Crippen molar-refractivity contribution in [2.75, 3.05) is 0 Å². The minimum atomic E-state index is -2.09. The van der Waals surface area contributed by atoms with Crippen LogP contribution < -0.4 is 0 Å². The summed E-state index contributed by atoms with van der Waals surface area (Å²) in [5.41, 5.74) is 7.41. The van der Waals surface area contributed by atoms with E-state index in [1.54, 1.807) is 18.2 Å². The largest absolute Gasteiger partial charge is 0.501 e. The summed E-state index contributed by atoms with van der Waals surface area (Å²) in [4.78, 5) is 9.51. The summed E-state index contributed by atoms with van der Waals surface area (Å²) in [7, 11) is 0. The fourth-order valence-electron chi connectivity index (χ4n) is 9.06. The monoisotopic (exact) mass is 973 g/mol. The molecule has 4 heterocycles. The zero-order valence-electron chi connectivity index (χ0n) is 36.1. The van der Waals surface area contributed by atoms with Gasteiger partial charge in [-0.2, -0.15) is 0 Å². The maximum absolute atomic E-state index is 7.23. The van der Waals surface area contributed by atoms with Gasteiger partial charge in [0.05, 0.1) is 22.4 Å². The maximum Gasteiger partial charge on any atom is 0.121 e. The summed E-state index contributed by atoms with van der Waals surface area (Å²) in [5, 5.41) is 14.0. The molecular formula is C57H35IrN3O-2. The Morgan fingerprint density at radius 3 is 1.98 bits per heavy atom. The molecule has 0 N–H and O–H groups in total. The minimum Gasteiger partial charge on any atom is -0.501 e. The number of aryl methyl sites for hydroxylation is 1. The number of hydrogen-bond donors (Lipinski definition) is 0. The second-order valence-electron chi connectivity index (χ2n) is 15.3. The van der Waals surface area contributed by atoms with E-state index in [9.17, 15) is 0 Å². The van der Waals surface area contributed by atoms with Gasteiger partial charge in [-0.05, 0) is 85.5 Å². The number of furan rings is 1. The molecule has 0 bridgehead atoms. The zero-order chi connectivity index (χ0) is 42.9. The predicted octanol–water partition coefficient (Wildman–Crippen LogP) is 15.0. The topological polar surface area (TPSA) is 43.3 Å². The number of imidazole rings is 1. The number of pyridine rings is 1. The molecule has 0 saturated carbocycles. The molecule has 13 aromatic rings. The SMILES string of the molecule is [2H]C([2H])([2H])c1ccc(-c2[c-]cccc2)nc1.[Ir].[c-]1ccc2c(oc3cc4c(ccc5ccccc54)cc32)c1-c1nc2cccc3c4ccccc4c4ccccc4c4ccccc4n1c23. The number of benzene rings is 9.